The van der Waals surface area contributed by atoms with E-state index < -0.39 is 0 Å². The average Bonchev–Trinajstić information content (AvgIpc) is 2.38. The van der Waals surface area contributed by atoms with Crippen molar-refractivity contribution in [2.24, 2.45) is 0 Å². The second-order valence-electron chi connectivity index (χ2n) is 4.01. The van der Waals surface area contributed by atoms with Gasteiger partial charge in [0.25, 0.3) is 0 Å². The minimum absolute atomic E-state index is 0.681. The Morgan fingerprint density at radius 3 is 2.78 bits per heavy atom. The maximum atomic E-state index is 5.97. The molecular weight excluding hydrogens is 248 g/mol. The number of ether oxygens (including phenoxy) is 1. The van der Waals surface area contributed by atoms with Crippen molar-refractivity contribution in [2.45, 2.75) is 13.5 Å². The lowest BCUT2D eigenvalue weighted by Gasteiger charge is -2.11. The molecule has 0 unspecified atom stereocenters. The van der Waals surface area contributed by atoms with E-state index in [1.807, 2.05) is 37.4 Å². The van der Waals surface area contributed by atoms with Crippen molar-refractivity contribution >= 4 is 17.3 Å². The number of methoxy groups -OCH3 is 1. The van der Waals surface area contributed by atoms with Gasteiger partial charge in [-0.3, -0.25) is 4.98 Å². The van der Waals surface area contributed by atoms with Crippen LogP contribution in [0.25, 0.3) is 0 Å². The number of aryl methyl sites for hydroxylation is 1. The van der Waals surface area contributed by atoms with E-state index in [9.17, 15) is 0 Å². The first-order valence-electron chi connectivity index (χ1n) is 5.68. The molecule has 0 fully saturated rings. The monoisotopic (exact) mass is 262 g/mol. The highest BCUT2D eigenvalue weighted by atomic mass is 35.5. The molecule has 2 rings (SSSR count). The molecule has 0 bridgehead atoms. The van der Waals surface area contributed by atoms with Crippen LogP contribution in [0.4, 0.5) is 5.69 Å². The number of rotatable bonds is 4. The summed E-state index contributed by atoms with van der Waals surface area (Å²) >= 11 is 5.97. The van der Waals surface area contributed by atoms with Crippen molar-refractivity contribution in [3.8, 4) is 5.75 Å². The van der Waals surface area contributed by atoms with Gasteiger partial charge in [0.15, 0.2) is 0 Å². The van der Waals surface area contributed by atoms with E-state index in [0.717, 1.165) is 22.7 Å². The van der Waals surface area contributed by atoms with Gasteiger partial charge in [0, 0.05) is 23.5 Å². The van der Waals surface area contributed by atoms with Crippen molar-refractivity contribution in [1.82, 2.24) is 4.98 Å². The second kappa shape index (κ2) is 5.74. The van der Waals surface area contributed by atoms with Gasteiger partial charge in [-0.1, -0.05) is 17.7 Å². The highest BCUT2D eigenvalue weighted by Gasteiger charge is 2.03. The van der Waals surface area contributed by atoms with Crippen molar-refractivity contribution in [3.63, 3.8) is 0 Å². The van der Waals surface area contributed by atoms with Crippen LogP contribution in [0.15, 0.2) is 36.5 Å². The zero-order chi connectivity index (χ0) is 13.0. The number of aromatic nitrogens is 1. The van der Waals surface area contributed by atoms with Crippen molar-refractivity contribution in [3.05, 3.63) is 52.8 Å². The molecule has 18 heavy (non-hydrogen) atoms. The molecule has 94 valence electrons. The molecule has 0 saturated heterocycles. The van der Waals surface area contributed by atoms with E-state index in [2.05, 4.69) is 10.3 Å². The van der Waals surface area contributed by atoms with Crippen molar-refractivity contribution in [1.29, 1.82) is 0 Å². The van der Waals surface area contributed by atoms with Crippen LogP contribution in [-0.4, -0.2) is 12.1 Å². The summed E-state index contributed by atoms with van der Waals surface area (Å²) in [6, 6.07) is 9.54. The zero-order valence-corrected chi connectivity index (χ0v) is 11.2. The van der Waals surface area contributed by atoms with Crippen LogP contribution in [-0.2, 0) is 6.54 Å². The third kappa shape index (κ3) is 3.14. The predicted molar refractivity (Wildman–Crippen MR) is 74.3 cm³/mol. The Hall–Kier alpha value is -1.74. The summed E-state index contributed by atoms with van der Waals surface area (Å²) in [6.45, 7) is 2.65. The van der Waals surface area contributed by atoms with E-state index in [1.54, 1.807) is 13.2 Å². The van der Waals surface area contributed by atoms with Crippen LogP contribution in [0, 0.1) is 6.92 Å². The fraction of sp³-hybridized carbons (Fsp3) is 0.214. The van der Waals surface area contributed by atoms with Crippen LogP contribution in [0.3, 0.4) is 0 Å². The summed E-state index contributed by atoms with van der Waals surface area (Å²) in [5.74, 6) is 0.777. The topological polar surface area (TPSA) is 34.1 Å². The smallest absolute Gasteiger partial charge is 0.142 e. The molecule has 1 N–H and O–H groups in total. The molecule has 1 aromatic carbocycles. The van der Waals surface area contributed by atoms with E-state index in [0.29, 0.717) is 11.6 Å². The van der Waals surface area contributed by atoms with Gasteiger partial charge in [0.1, 0.15) is 5.75 Å². The highest BCUT2D eigenvalue weighted by Crippen LogP contribution is 2.27. The third-order valence-electron chi connectivity index (χ3n) is 2.62. The summed E-state index contributed by atoms with van der Waals surface area (Å²) in [5, 5.41) is 3.97. The number of hydrogen-bond acceptors (Lipinski definition) is 3. The van der Waals surface area contributed by atoms with Crippen molar-refractivity contribution < 1.29 is 4.74 Å². The molecule has 0 atom stereocenters. The van der Waals surface area contributed by atoms with Crippen molar-refractivity contribution in [2.75, 3.05) is 12.4 Å². The fourth-order valence-corrected chi connectivity index (χ4v) is 1.79. The minimum atomic E-state index is 0.681. The van der Waals surface area contributed by atoms with Gasteiger partial charge in [-0.05, 0) is 36.8 Å². The molecule has 3 nitrogen and oxygen atoms in total. The molecule has 0 aliphatic carbocycles. The Bertz CT molecular complexity index is 526. The Labute approximate surface area is 112 Å². The standard InChI is InChI=1S/C14H15ClN2O/c1-10-3-4-11(8-16-10)9-17-13-7-12(15)5-6-14(13)18-2/h3-8,17H,9H2,1-2H3. The van der Waals surface area contributed by atoms with Gasteiger partial charge in [-0.2, -0.15) is 0 Å². The lowest BCUT2D eigenvalue weighted by molar-refractivity contribution is 0.416. The normalized spacial score (nSPS) is 10.2. The molecule has 0 radical (unpaired) electrons. The third-order valence-corrected chi connectivity index (χ3v) is 2.85. The second-order valence-corrected chi connectivity index (χ2v) is 4.44. The summed E-state index contributed by atoms with van der Waals surface area (Å²) in [4.78, 5) is 4.25. The van der Waals surface area contributed by atoms with Gasteiger partial charge in [0.2, 0.25) is 0 Å². The van der Waals surface area contributed by atoms with Crippen LogP contribution in [0.2, 0.25) is 5.02 Å². The van der Waals surface area contributed by atoms with Crippen LogP contribution < -0.4 is 10.1 Å². The quantitative estimate of drug-likeness (QED) is 0.913. The number of anilines is 1. The molecule has 0 amide bonds. The van der Waals surface area contributed by atoms with E-state index >= 15 is 0 Å². The Balaban J connectivity index is 2.09. The Morgan fingerprint density at radius 2 is 2.11 bits per heavy atom. The first kappa shape index (κ1) is 12.7. The molecule has 2 aromatic rings. The summed E-state index contributed by atoms with van der Waals surface area (Å²) in [6.07, 6.45) is 1.86. The van der Waals surface area contributed by atoms with Crippen LogP contribution >= 0.6 is 11.6 Å². The van der Waals surface area contributed by atoms with Gasteiger partial charge in [-0.15, -0.1) is 0 Å². The van der Waals surface area contributed by atoms with E-state index in [1.165, 1.54) is 0 Å². The predicted octanol–water partition coefficient (Wildman–Crippen LogP) is 3.66. The number of nitrogens with one attached hydrogen (secondary N) is 1. The number of nitrogens with zero attached hydrogens (tertiary/aromatic N) is 1. The SMILES string of the molecule is COc1ccc(Cl)cc1NCc1ccc(C)nc1. The average molecular weight is 263 g/mol. The lowest BCUT2D eigenvalue weighted by Crippen LogP contribution is -2.02. The minimum Gasteiger partial charge on any atom is -0.495 e. The molecule has 0 aliphatic rings. The largest absolute Gasteiger partial charge is 0.495 e. The summed E-state index contributed by atoms with van der Waals surface area (Å²) in [7, 11) is 1.64. The molecular formula is C14H15ClN2O. The van der Waals surface area contributed by atoms with E-state index in [4.69, 9.17) is 16.3 Å². The fourth-order valence-electron chi connectivity index (χ4n) is 1.62. The number of benzene rings is 1. The number of pyridine rings is 1. The number of hydrogen-bond donors (Lipinski definition) is 1. The molecule has 4 heteroatoms. The Kier molecular flexibility index (Phi) is 4.05. The first-order chi connectivity index (χ1) is 8.69. The summed E-state index contributed by atoms with van der Waals surface area (Å²) in [5.41, 5.74) is 3.01. The number of halogens is 1. The summed E-state index contributed by atoms with van der Waals surface area (Å²) < 4.78 is 5.27. The molecule has 0 saturated carbocycles. The zero-order valence-electron chi connectivity index (χ0n) is 10.4. The maximum Gasteiger partial charge on any atom is 0.142 e. The van der Waals surface area contributed by atoms with Crippen LogP contribution in [0.1, 0.15) is 11.3 Å². The molecule has 0 aliphatic heterocycles. The molecule has 0 spiro atoms. The van der Waals surface area contributed by atoms with Gasteiger partial charge >= 0.3 is 0 Å². The van der Waals surface area contributed by atoms with E-state index in [-0.39, 0.29) is 0 Å². The van der Waals surface area contributed by atoms with Gasteiger partial charge in [0.05, 0.1) is 12.8 Å². The molecule has 1 heterocycles. The Morgan fingerprint density at radius 1 is 1.28 bits per heavy atom. The maximum absolute atomic E-state index is 5.97. The van der Waals surface area contributed by atoms with Gasteiger partial charge in [-0.25, -0.2) is 0 Å². The molecule has 1 aromatic heterocycles. The first-order valence-corrected chi connectivity index (χ1v) is 6.06. The van der Waals surface area contributed by atoms with Crippen LogP contribution in [0.5, 0.6) is 5.75 Å². The van der Waals surface area contributed by atoms with Gasteiger partial charge < -0.3 is 10.1 Å². The highest BCUT2D eigenvalue weighted by molar-refractivity contribution is 6.30. The lowest BCUT2D eigenvalue weighted by atomic mass is 10.2.